The lowest BCUT2D eigenvalue weighted by molar-refractivity contribution is 0.578. The molecule has 0 bridgehead atoms. The van der Waals surface area contributed by atoms with Gasteiger partial charge in [-0.1, -0.05) is 0 Å². The van der Waals surface area contributed by atoms with Gasteiger partial charge in [0.1, 0.15) is 0 Å². The zero-order chi connectivity index (χ0) is 17.6. The number of nitrogens with zero attached hydrogens (tertiary/aromatic N) is 6. The zero-order valence-electron chi connectivity index (χ0n) is 13.1. The van der Waals surface area contributed by atoms with Crippen molar-refractivity contribution in [2.75, 3.05) is 5.73 Å². The number of imidazole rings is 1. The molecule has 0 aromatic carbocycles. The first-order chi connectivity index (χ1) is 12.0. The number of nitrogen functional groups attached to an aromatic ring is 1. The molecule has 4 heterocycles. The molecular formula is C15H13N7O2S. The number of nitrogens with two attached hydrogens (primary N) is 1. The lowest BCUT2D eigenvalue weighted by atomic mass is 10.1. The summed E-state index contributed by atoms with van der Waals surface area (Å²) in [6.07, 6.45) is 7.27. The molecule has 2 N–H and O–H groups in total. The Labute approximate surface area is 142 Å². The monoisotopic (exact) mass is 355 g/mol. The SMILES string of the molecule is Cn1cncc1S(=O)(=O)n1cc(-c2ccnc(N)n2)c2cccnc21. The second-order valence-corrected chi connectivity index (χ2v) is 7.12. The molecule has 4 aromatic heterocycles. The fourth-order valence-corrected chi connectivity index (χ4v) is 4.06. The molecule has 0 amide bonds. The van der Waals surface area contributed by atoms with Gasteiger partial charge in [0.25, 0.3) is 10.0 Å². The Morgan fingerprint density at radius 1 is 1.16 bits per heavy atom. The first-order valence-corrected chi connectivity index (χ1v) is 8.69. The third-order valence-electron chi connectivity index (χ3n) is 3.78. The minimum absolute atomic E-state index is 0.0591. The number of rotatable bonds is 3. The molecular weight excluding hydrogens is 342 g/mol. The summed E-state index contributed by atoms with van der Waals surface area (Å²) in [6, 6.07) is 5.18. The number of hydrogen-bond donors (Lipinski definition) is 1. The molecule has 9 nitrogen and oxygen atoms in total. The molecule has 4 rings (SSSR count). The van der Waals surface area contributed by atoms with Gasteiger partial charge in [0.15, 0.2) is 10.7 Å². The molecule has 4 aromatic rings. The van der Waals surface area contributed by atoms with E-state index in [1.165, 1.54) is 35.7 Å². The van der Waals surface area contributed by atoms with Gasteiger partial charge in [-0.2, -0.15) is 8.42 Å². The molecule has 25 heavy (non-hydrogen) atoms. The van der Waals surface area contributed by atoms with E-state index in [1.807, 2.05) is 0 Å². The largest absolute Gasteiger partial charge is 0.368 e. The van der Waals surface area contributed by atoms with E-state index in [2.05, 4.69) is 19.9 Å². The van der Waals surface area contributed by atoms with Crippen molar-refractivity contribution in [1.29, 1.82) is 0 Å². The minimum Gasteiger partial charge on any atom is -0.368 e. The van der Waals surface area contributed by atoms with E-state index in [4.69, 9.17) is 5.73 Å². The first kappa shape index (κ1) is 15.3. The zero-order valence-corrected chi connectivity index (χ0v) is 13.9. The molecule has 0 aliphatic rings. The second kappa shape index (κ2) is 5.38. The van der Waals surface area contributed by atoms with Gasteiger partial charge in [-0.05, 0) is 18.2 Å². The van der Waals surface area contributed by atoms with Crippen LogP contribution in [0.5, 0.6) is 0 Å². The maximum Gasteiger partial charge on any atom is 0.286 e. The van der Waals surface area contributed by atoms with E-state index in [9.17, 15) is 8.42 Å². The molecule has 0 aliphatic heterocycles. The number of aryl methyl sites for hydroxylation is 1. The van der Waals surface area contributed by atoms with Crippen LogP contribution in [0.2, 0.25) is 0 Å². The van der Waals surface area contributed by atoms with Crippen LogP contribution in [0.4, 0.5) is 5.95 Å². The number of aromatic nitrogens is 6. The van der Waals surface area contributed by atoms with Crippen molar-refractivity contribution < 1.29 is 8.42 Å². The van der Waals surface area contributed by atoms with E-state index in [0.29, 0.717) is 22.3 Å². The van der Waals surface area contributed by atoms with Crippen LogP contribution in [0.3, 0.4) is 0 Å². The van der Waals surface area contributed by atoms with Crippen molar-refractivity contribution in [3.05, 3.63) is 49.3 Å². The molecule has 0 atom stereocenters. The topological polar surface area (TPSA) is 122 Å². The fraction of sp³-hybridized carbons (Fsp3) is 0.0667. The summed E-state index contributed by atoms with van der Waals surface area (Å²) in [7, 11) is -2.25. The summed E-state index contributed by atoms with van der Waals surface area (Å²) in [5.41, 5.74) is 7.07. The maximum absolute atomic E-state index is 13.0. The van der Waals surface area contributed by atoms with Gasteiger partial charge >= 0.3 is 0 Å². The predicted octanol–water partition coefficient (Wildman–Crippen LogP) is 1.05. The van der Waals surface area contributed by atoms with Crippen molar-refractivity contribution >= 4 is 27.0 Å². The van der Waals surface area contributed by atoms with E-state index in [1.54, 1.807) is 25.2 Å². The summed E-state index contributed by atoms with van der Waals surface area (Å²) in [5, 5.41) is 0.704. The van der Waals surface area contributed by atoms with Gasteiger partial charge in [-0.3, -0.25) is 0 Å². The summed E-state index contributed by atoms with van der Waals surface area (Å²) in [6.45, 7) is 0. The number of hydrogen-bond acceptors (Lipinski definition) is 7. The lowest BCUT2D eigenvalue weighted by Gasteiger charge is -2.06. The van der Waals surface area contributed by atoms with Crippen LogP contribution in [0.1, 0.15) is 0 Å². The van der Waals surface area contributed by atoms with Crippen LogP contribution in [-0.2, 0) is 17.1 Å². The highest BCUT2D eigenvalue weighted by molar-refractivity contribution is 7.90. The Hall–Kier alpha value is -3.27. The van der Waals surface area contributed by atoms with Crippen LogP contribution < -0.4 is 5.73 Å². The normalized spacial score (nSPS) is 11.9. The number of anilines is 1. The molecule has 0 spiro atoms. The van der Waals surface area contributed by atoms with Gasteiger partial charge in [-0.15, -0.1) is 0 Å². The highest BCUT2D eigenvalue weighted by Gasteiger charge is 2.25. The quantitative estimate of drug-likeness (QED) is 0.583. The van der Waals surface area contributed by atoms with Gasteiger partial charge in [0.2, 0.25) is 5.95 Å². The molecule has 0 saturated heterocycles. The molecule has 10 heteroatoms. The van der Waals surface area contributed by atoms with Crippen LogP contribution in [0.25, 0.3) is 22.3 Å². The Bertz CT molecular complexity index is 1190. The summed E-state index contributed by atoms with van der Waals surface area (Å²) in [5.74, 6) is 0.108. The average Bonchev–Trinajstić information content (AvgIpc) is 3.19. The van der Waals surface area contributed by atoms with Crippen molar-refractivity contribution in [2.24, 2.45) is 7.05 Å². The Morgan fingerprint density at radius 3 is 2.72 bits per heavy atom. The highest BCUT2D eigenvalue weighted by Crippen LogP contribution is 2.30. The molecule has 0 aliphatic carbocycles. The van der Waals surface area contributed by atoms with Crippen LogP contribution >= 0.6 is 0 Å². The van der Waals surface area contributed by atoms with Crippen molar-refractivity contribution in [1.82, 2.24) is 28.5 Å². The number of fused-ring (bicyclic) bond motifs is 1. The minimum atomic E-state index is -3.87. The standard InChI is InChI=1S/C15H13N7O2S/c1-21-9-17-7-13(21)25(23,24)22-8-11(10-3-2-5-18-14(10)22)12-4-6-19-15(16)20-12/h2-9H,1H3,(H2,16,19,20). The van der Waals surface area contributed by atoms with Gasteiger partial charge in [-0.25, -0.2) is 23.9 Å². The summed E-state index contributed by atoms with van der Waals surface area (Å²) >= 11 is 0. The Kier molecular flexibility index (Phi) is 3.29. The van der Waals surface area contributed by atoms with E-state index in [-0.39, 0.29) is 11.0 Å². The van der Waals surface area contributed by atoms with Crippen molar-refractivity contribution in [3.8, 4) is 11.3 Å². The Morgan fingerprint density at radius 2 is 2.00 bits per heavy atom. The highest BCUT2D eigenvalue weighted by atomic mass is 32.2. The van der Waals surface area contributed by atoms with Crippen LogP contribution in [0.15, 0.2) is 54.3 Å². The lowest BCUT2D eigenvalue weighted by Crippen LogP contribution is -2.15. The molecule has 0 saturated carbocycles. The number of pyridine rings is 1. The van der Waals surface area contributed by atoms with E-state index >= 15 is 0 Å². The maximum atomic E-state index is 13.0. The predicted molar refractivity (Wildman–Crippen MR) is 91.0 cm³/mol. The third-order valence-corrected chi connectivity index (χ3v) is 5.50. The summed E-state index contributed by atoms with van der Waals surface area (Å²) < 4.78 is 28.7. The molecule has 126 valence electrons. The second-order valence-electron chi connectivity index (χ2n) is 5.36. The molecule has 0 radical (unpaired) electrons. The summed E-state index contributed by atoms with van der Waals surface area (Å²) in [4.78, 5) is 16.2. The van der Waals surface area contributed by atoms with Crippen LogP contribution in [0, 0.1) is 0 Å². The van der Waals surface area contributed by atoms with Crippen molar-refractivity contribution in [3.63, 3.8) is 0 Å². The van der Waals surface area contributed by atoms with E-state index in [0.717, 1.165) is 3.97 Å². The first-order valence-electron chi connectivity index (χ1n) is 7.25. The smallest absolute Gasteiger partial charge is 0.286 e. The van der Waals surface area contributed by atoms with Gasteiger partial charge < -0.3 is 10.3 Å². The molecule has 0 fully saturated rings. The van der Waals surface area contributed by atoms with Crippen LogP contribution in [-0.4, -0.2) is 36.9 Å². The van der Waals surface area contributed by atoms with Gasteiger partial charge in [0.05, 0.1) is 18.2 Å². The third kappa shape index (κ3) is 2.34. The Balaban J connectivity index is 2.03. The molecule has 0 unspecified atom stereocenters. The average molecular weight is 355 g/mol. The van der Waals surface area contributed by atoms with Gasteiger partial charge in [0, 0.05) is 36.6 Å². The fourth-order valence-electron chi connectivity index (χ4n) is 2.64. The van der Waals surface area contributed by atoms with E-state index < -0.39 is 10.0 Å². The van der Waals surface area contributed by atoms with Crippen molar-refractivity contribution in [2.45, 2.75) is 5.03 Å².